The summed E-state index contributed by atoms with van der Waals surface area (Å²) in [6.07, 6.45) is 7.96. The highest BCUT2D eigenvalue weighted by molar-refractivity contribution is 7.80. The number of benzene rings is 1. The summed E-state index contributed by atoms with van der Waals surface area (Å²) in [5.41, 5.74) is 3.52. The van der Waals surface area contributed by atoms with Crippen molar-refractivity contribution < 1.29 is 19.6 Å². The number of anilines is 1. The molecule has 1 aromatic carbocycles. The molecule has 0 fully saturated rings. The number of aliphatic hydroxyl groups is 2. The SMILES string of the molecule is O=C(C[N+]1=C(CCc2ccc(N(CCO)CCO)cc2)CCC=C1)NCCS. The van der Waals surface area contributed by atoms with Gasteiger partial charge in [0.05, 0.1) is 13.2 Å². The number of aryl methyl sites for hydroxylation is 1. The maximum atomic E-state index is 12.0. The van der Waals surface area contributed by atoms with Gasteiger partial charge in [-0.3, -0.25) is 4.79 Å². The van der Waals surface area contributed by atoms with Gasteiger partial charge in [0.25, 0.3) is 5.91 Å². The largest absolute Gasteiger partial charge is 0.395 e. The predicted octanol–water partition coefficient (Wildman–Crippen LogP) is 1.22. The van der Waals surface area contributed by atoms with Crippen molar-refractivity contribution in [2.45, 2.75) is 25.7 Å². The number of thiol groups is 1. The van der Waals surface area contributed by atoms with Gasteiger partial charge in [-0.2, -0.15) is 17.2 Å². The molecule has 1 aliphatic heterocycles. The fourth-order valence-electron chi connectivity index (χ4n) is 3.31. The molecule has 0 aliphatic carbocycles. The van der Waals surface area contributed by atoms with Crippen molar-refractivity contribution >= 4 is 29.9 Å². The number of amides is 1. The fraction of sp³-hybridized carbons (Fsp3) is 0.524. The van der Waals surface area contributed by atoms with E-state index in [9.17, 15) is 15.0 Å². The van der Waals surface area contributed by atoms with Crippen molar-refractivity contribution in [2.24, 2.45) is 0 Å². The molecule has 0 saturated heterocycles. The molecule has 0 atom stereocenters. The Hall–Kier alpha value is -1.83. The molecule has 1 amide bonds. The number of nitrogens with one attached hydrogen (secondary N) is 1. The first-order chi connectivity index (χ1) is 13.7. The third kappa shape index (κ3) is 7.30. The third-order valence-electron chi connectivity index (χ3n) is 4.78. The number of allylic oxidation sites excluding steroid dienone is 1. The van der Waals surface area contributed by atoms with Gasteiger partial charge in [-0.25, -0.2) is 0 Å². The Morgan fingerprint density at radius 1 is 1.14 bits per heavy atom. The minimum Gasteiger partial charge on any atom is -0.395 e. The minimum atomic E-state index is 0.0234. The number of aliphatic hydroxyl groups excluding tert-OH is 2. The lowest BCUT2D eigenvalue weighted by Gasteiger charge is -2.23. The van der Waals surface area contributed by atoms with Gasteiger partial charge in [0.15, 0.2) is 11.9 Å². The normalized spacial score (nSPS) is 13.7. The van der Waals surface area contributed by atoms with Crippen LogP contribution in [0.4, 0.5) is 5.69 Å². The zero-order chi connectivity index (χ0) is 20.2. The lowest BCUT2D eigenvalue weighted by atomic mass is 10.0. The molecule has 0 saturated carbocycles. The van der Waals surface area contributed by atoms with Crippen molar-refractivity contribution in [3.05, 3.63) is 42.1 Å². The summed E-state index contributed by atoms with van der Waals surface area (Å²) >= 11 is 4.12. The molecule has 1 aromatic rings. The summed E-state index contributed by atoms with van der Waals surface area (Å²) in [6, 6.07) is 8.27. The average molecular weight is 407 g/mol. The second kappa shape index (κ2) is 12.6. The van der Waals surface area contributed by atoms with E-state index in [1.165, 1.54) is 11.3 Å². The maximum Gasteiger partial charge on any atom is 0.286 e. The first kappa shape index (κ1) is 22.5. The zero-order valence-electron chi connectivity index (χ0n) is 16.4. The average Bonchev–Trinajstić information content (AvgIpc) is 2.72. The smallest absolute Gasteiger partial charge is 0.286 e. The van der Waals surface area contributed by atoms with Gasteiger partial charge >= 0.3 is 0 Å². The molecular formula is C21H32N3O3S+. The van der Waals surface area contributed by atoms with E-state index in [-0.39, 0.29) is 19.1 Å². The number of hydrogen-bond acceptors (Lipinski definition) is 5. The van der Waals surface area contributed by atoms with Crippen molar-refractivity contribution in [2.75, 3.05) is 50.0 Å². The Labute approximate surface area is 173 Å². The Kier molecular flexibility index (Phi) is 10.1. The van der Waals surface area contributed by atoms with Crippen LogP contribution in [-0.2, 0) is 11.2 Å². The lowest BCUT2D eigenvalue weighted by Crippen LogP contribution is -2.34. The first-order valence-corrected chi connectivity index (χ1v) is 10.5. The highest BCUT2D eigenvalue weighted by atomic mass is 32.1. The highest BCUT2D eigenvalue weighted by Gasteiger charge is 2.19. The summed E-state index contributed by atoms with van der Waals surface area (Å²) in [5.74, 6) is 0.664. The molecule has 0 bridgehead atoms. The van der Waals surface area contributed by atoms with Crippen LogP contribution in [0.3, 0.4) is 0 Å². The molecule has 6 nitrogen and oxygen atoms in total. The summed E-state index contributed by atoms with van der Waals surface area (Å²) in [6.45, 7) is 2.08. The van der Waals surface area contributed by atoms with Crippen molar-refractivity contribution in [1.82, 2.24) is 5.32 Å². The van der Waals surface area contributed by atoms with Crippen LogP contribution in [0.25, 0.3) is 0 Å². The maximum absolute atomic E-state index is 12.0. The molecule has 0 aromatic heterocycles. The van der Waals surface area contributed by atoms with E-state index in [1.54, 1.807) is 0 Å². The summed E-state index contributed by atoms with van der Waals surface area (Å²) in [7, 11) is 0. The lowest BCUT2D eigenvalue weighted by molar-refractivity contribution is -0.449. The van der Waals surface area contributed by atoms with Crippen LogP contribution in [-0.4, -0.2) is 71.6 Å². The second-order valence-corrected chi connectivity index (χ2v) is 7.24. The molecule has 7 heteroatoms. The van der Waals surface area contributed by atoms with Crippen LogP contribution >= 0.6 is 12.6 Å². The van der Waals surface area contributed by atoms with Gasteiger partial charge in [-0.05, 0) is 36.6 Å². The summed E-state index contributed by atoms with van der Waals surface area (Å²) < 4.78 is 2.07. The Morgan fingerprint density at radius 3 is 2.50 bits per heavy atom. The third-order valence-corrected chi connectivity index (χ3v) is 5.01. The number of rotatable bonds is 12. The van der Waals surface area contributed by atoms with Crippen molar-refractivity contribution in [1.29, 1.82) is 0 Å². The summed E-state index contributed by atoms with van der Waals surface area (Å²) in [5, 5.41) is 21.2. The van der Waals surface area contributed by atoms with Gasteiger partial charge in [-0.1, -0.05) is 12.1 Å². The fourth-order valence-corrected chi connectivity index (χ4v) is 3.43. The molecule has 2 rings (SSSR count). The number of carbonyl (C=O) groups excluding carboxylic acids is 1. The monoisotopic (exact) mass is 406 g/mol. The molecule has 0 unspecified atom stereocenters. The van der Waals surface area contributed by atoms with E-state index in [2.05, 4.69) is 40.7 Å². The second-order valence-electron chi connectivity index (χ2n) is 6.79. The van der Waals surface area contributed by atoms with Crippen LogP contribution in [0.1, 0.15) is 24.8 Å². The standard InChI is InChI=1S/C21H31N3O3S/c25-14-12-23(13-15-26)20-8-5-18(6-9-20)4-7-19-3-1-2-11-24(19)17-21(27)22-10-16-28/h2,5-6,8-9,11,25-26H,1,3-4,7,10,12-17H2,(H-,22,27,28)/p+1. The minimum absolute atomic E-state index is 0.0234. The quantitative estimate of drug-likeness (QED) is 0.311. The van der Waals surface area contributed by atoms with Gasteiger partial charge < -0.3 is 20.4 Å². The summed E-state index contributed by atoms with van der Waals surface area (Å²) in [4.78, 5) is 14.0. The number of hydrogen-bond donors (Lipinski definition) is 4. The van der Waals surface area contributed by atoms with Gasteiger partial charge in [0, 0.05) is 43.9 Å². The van der Waals surface area contributed by atoms with E-state index in [0.29, 0.717) is 31.9 Å². The highest BCUT2D eigenvalue weighted by Crippen LogP contribution is 2.17. The van der Waals surface area contributed by atoms with E-state index >= 15 is 0 Å². The van der Waals surface area contributed by atoms with Crippen LogP contribution in [0.15, 0.2) is 36.5 Å². The van der Waals surface area contributed by atoms with Crippen LogP contribution < -0.4 is 10.2 Å². The molecule has 0 radical (unpaired) electrons. The molecule has 1 aliphatic rings. The van der Waals surface area contributed by atoms with Crippen LogP contribution in [0.5, 0.6) is 0 Å². The van der Waals surface area contributed by atoms with Crippen molar-refractivity contribution in [3.8, 4) is 0 Å². The molecule has 154 valence electrons. The van der Waals surface area contributed by atoms with E-state index in [1.807, 2.05) is 23.2 Å². The topological polar surface area (TPSA) is 75.8 Å². The predicted molar refractivity (Wildman–Crippen MR) is 117 cm³/mol. The number of carbonyl (C=O) groups is 1. The molecule has 1 heterocycles. The molecule has 3 N–H and O–H groups in total. The van der Waals surface area contributed by atoms with E-state index < -0.39 is 0 Å². The van der Waals surface area contributed by atoms with E-state index in [4.69, 9.17) is 0 Å². The van der Waals surface area contributed by atoms with Gasteiger partial charge in [-0.15, -0.1) is 0 Å². The Morgan fingerprint density at radius 2 is 1.86 bits per heavy atom. The van der Waals surface area contributed by atoms with Crippen LogP contribution in [0, 0.1) is 0 Å². The Balaban J connectivity index is 1.96. The van der Waals surface area contributed by atoms with Crippen molar-refractivity contribution in [3.63, 3.8) is 0 Å². The van der Waals surface area contributed by atoms with Gasteiger partial charge in [0.2, 0.25) is 6.54 Å². The molecular weight excluding hydrogens is 374 g/mol. The van der Waals surface area contributed by atoms with Crippen LogP contribution in [0.2, 0.25) is 0 Å². The zero-order valence-corrected chi connectivity index (χ0v) is 17.3. The molecule has 28 heavy (non-hydrogen) atoms. The first-order valence-electron chi connectivity index (χ1n) is 9.89. The Bertz CT molecular complexity index is 668. The van der Waals surface area contributed by atoms with Gasteiger partial charge in [0.1, 0.15) is 0 Å². The number of nitrogens with zero attached hydrogens (tertiary/aromatic N) is 2. The molecule has 0 spiro atoms. The van der Waals surface area contributed by atoms with E-state index in [0.717, 1.165) is 31.4 Å².